The fourth-order valence-electron chi connectivity index (χ4n) is 0.892. The van der Waals surface area contributed by atoms with E-state index in [1.807, 2.05) is 19.1 Å². The number of amides is 1. The van der Waals surface area contributed by atoms with Gasteiger partial charge in [-0.25, -0.2) is 0 Å². The number of carbonyl (C=O) groups is 1. The lowest BCUT2D eigenvalue weighted by Crippen LogP contribution is -2.27. The number of aromatic nitrogens is 2. The molecule has 0 bridgehead atoms. The van der Waals surface area contributed by atoms with Gasteiger partial charge in [-0.15, -0.1) is 0 Å². The molecule has 0 radical (unpaired) electrons. The van der Waals surface area contributed by atoms with Gasteiger partial charge in [-0.3, -0.25) is 9.48 Å². The van der Waals surface area contributed by atoms with E-state index < -0.39 is 0 Å². The lowest BCUT2D eigenvalue weighted by molar-refractivity contribution is -0.121. The molecule has 0 fully saturated rings. The fourth-order valence-corrected chi connectivity index (χ4v) is 0.892. The minimum Gasteiger partial charge on any atom is -0.341 e. The predicted octanol–water partition coefficient (Wildman–Crippen LogP) is -0.169. The number of hydrogen-bond acceptors (Lipinski definition) is 3. The van der Waals surface area contributed by atoms with E-state index in [9.17, 15) is 4.79 Å². The Hall–Kier alpha value is -1.83. The maximum absolute atomic E-state index is 11.1. The minimum atomic E-state index is -0.204. The largest absolute Gasteiger partial charge is 0.341 e. The van der Waals surface area contributed by atoms with Crippen molar-refractivity contribution in [3.63, 3.8) is 0 Å². The van der Waals surface area contributed by atoms with Gasteiger partial charge in [-0.2, -0.15) is 10.4 Å². The molecule has 68 valence electrons. The van der Waals surface area contributed by atoms with Crippen molar-refractivity contribution >= 4 is 5.91 Å². The van der Waals surface area contributed by atoms with Gasteiger partial charge in [0.05, 0.1) is 11.8 Å². The second kappa shape index (κ2) is 4.26. The fraction of sp³-hybridized carbons (Fsp3) is 0.375. The van der Waals surface area contributed by atoms with Crippen LogP contribution in [0.5, 0.6) is 0 Å². The first-order chi connectivity index (χ1) is 6.22. The Labute approximate surface area is 76.0 Å². The Balaban J connectivity index is 2.41. The summed E-state index contributed by atoms with van der Waals surface area (Å²) in [6.07, 6.45) is 1.72. The topological polar surface area (TPSA) is 70.7 Å². The van der Waals surface area contributed by atoms with Crippen molar-refractivity contribution in [2.24, 2.45) is 0 Å². The molecule has 0 spiro atoms. The normalized spacial score (nSPS) is 9.23. The van der Waals surface area contributed by atoms with E-state index >= 15 is 0 Å². The van der Waals surface area contributed by atoms with Crippen LogP contribution >= 0.6 is 0 Å². The van der Waals surface area contributed by atoms with Gasteiger partial charge in [0.2, 0.25) is 5.91 Å². The minimum absolute atomic E-state index is 0.0408. The number of nitrogens with one attached hydrogen (secondary N) is 1. The van der Waals surface area contributed by atoms with E-state index in [2.05, 4.69) is 10.4 Å². The quantitative estimate of drug-likeness (QED) is 0.653. The smallest absolute Gasteiger partial charge is 0.242 e. The van der Waals surface area contributed by atoms with E-state index in [-0.39, 0.29) is 19.0 Å². The van der Waals surface area contributed by atoms with E-state index in [4.69, 9.17) is 5.26 Å². The molecule has 13 heavy (non-hydrogen) atoms. The number of aryl methyl sites for hydroxylation is 1. The molecule has 1 rings (SSSR count). The molecule has 1 heterocycles. The molecule has 1 aromatic heterocycles. The molecular formula is C8H10N4O. The Kier molecular flexibility index (Phi) is 3.03. The van der Waals surface area contributed by atoms with Crippen molar-refractivity contribution in [1.82, 2.24) is 15.1 Å². The van der Waals surface area contributed by atoms with Crippen LogP contribution in [0.1, 0.15) is 5.69 Å². The highest BCUT2D eigenvalue weighted by atomic mass is 16.2. The van der Waals surface area contributed by atoms with Crippen LogP contribution in [0.15, 0.2) is 12.3 Å². The number of rotatable bonds is 3. The van der Waals surface area contributed by atoms with Crippen molar-refractivity contribution in [3.8, 4) is 6.07 Å². The van der Waals surface area contributed by atoms with Crippen molar-refractivity contribution in [2.75, 3.05) is 6.54 Å². The van der Waals surface area contributed by atoms with Crippen LogP contribution < -0.4 is 5.32 Å². The van der Waals surface area contributed by atoms with Gasteiger partial charge in [0.25, 0.3) is 0 Å². The van der Waals surface area contributed by atoms with Gasteiger partial charge in [0.1, 0.15) is 13.1 Å². The molecule has 0 aliphatic heterocycles. The molecule has 0 aliphatic carbocycles. The lowest BCUT2D eigenvalue weighted by atomic mass is 10.5. The Bertz CT molecular complexity index is 336. The third kappa shape index (κ3) is 2.95. The summed E-state index contributed by atoms with van der Waals surface area (Å²) in [5, 5.41) is 14.7. The molecule has 0 atom stereocenters. The Morgan fingerprint density at radius 2 is 2.62 bits per heavy atom. The highest BCUT2D eigenvalue weighted by molar-refractivity contribution is 5.75. The van der Waals surface area contributed by atoms with Gasteiger partial charge >= 0.3 is 0 Å². The van der Waals surface area contributed by atoms with E-state index in [1.165, 1.54) is 4.68 Å². The first-order valence-electron chi connectivity index (χ1n) is 3.86. The molecule has 0 saturated carbocycles. The van der Waals surface area contributed by atoms with E-state index in [1.54, 1.807) is 6.20 Å². The molecule has 1 N–H and O–H groups in total. The van der Waals surface area contributed by atoms with Crippen molar-refractivity contribution < 1.29 is 4.79 Å². The standard InChI is InChI=1S/C8H10N4O/c1-7-2-5-12(11-7)6-8(13)10-4-3-9/h2,5H,4,6H2,1H3,(H,10,13). The Morgan fingerprint density at radius 3 is 3.15 bits per heavy atom. The monoisotopic (exact) mass is 178 g/mol. The third-order valence-electron chi connectivity index (χ3n) is 1.44. The number of nitrogens with zero attached hydrogens (tertiary/aromatic N) is 3. The highest BCUT2D eigenvalue weighted by Gasteiger charge is 2.01. The van der Waals surface area contributed by atoms with Gasteiger partial charge in [0, 0.05) is 6.20 Å². The summed E-state index contributed by atoms with van der Waals surface area (Å²) >= 11 is 0. The summed E-state index contributed by atoms with van der Waals surface area (Å²) in [5.41, 5.74) is 0.869. The van der Waals surface area contributed by atoms with Crippen LogP contribution in [0.3, 0.4) is 0 Å². The summed E-state index contributed by atoms with van der Waals surface area (Å²) in [5.74, 6) is -0.204. The van der Waals surface area contributed by atoms with Crippen LogP contribution in [0, 0.1) is 18.3 Å². The second-order valence-electron chi connectivity index (χ2n) is 2.59. The zero-order valence-corrected chi connectivity index (χ0v) is 7.32. The Morgan fingerprint density at radius 1 is 1.85 bits per heavy atom. The lowest BCUT2D eigenvalue weighted by Gasteiger charge is -2.00. The van der Waals surface area contributed by atoms with Crippen LogP contribution in [-0.4, -0.2) is 22.2 Å². The summed E-state index contributed by atoms with van der Waals surface area (Å²) in [6, 6.07) is 3.65. The van der Waals surface area contributed by atoms with Gasteiger partial charge < -0.3 is 5.32 Å². The van der Waals surface area contributed by atoms with Crippen molar-refractivity contribution in [3.05, 3.63) is 18.0 Å². The van der Waals surface area contributed by atoms with Crippen LogP contribution in [0.25, 0.3) is 0 Å². The van der Waals surface area contributed by atoms with Gasteiger partial charge in [0.15, 0.2) is 0 Å². The number of carbonyl (C=O) groups excluding carboxylic acids is 1. The SMILES string of the molecule is Cc1ccn(CC(=O)NCC#N)n1. The molecule has 5 heteroatoms. The molecule has 0 aromatic carbocycles. The summed E-state index contributed by atoms with van der Waals surface area (Å²) in [4.78, 5) is 11.1. The molecular weight excluding hydrogens is 168 g/mol. The maximum atomic E-state index is 11.1. The first kappa shape index (κ1) is 9.26. The van der Waals surface area contributed by atoms with Crippen LogP contribution in [0.2, 0.25) is 0 Å². The average molecular weight is 178 g/mol. The molecule has 0 unspecified atom stereocenters. The molecule has 0 saturated heterocycles. The molecule has 5 nitrogen and oxygen atoms in total. The maximum Gasteiger partial charge on any atom is 0.242 e. The molecule has 0 aliphatic rings. The van der Waals surface area contributed by atoms with E-state index in [0.717, 1.165) is 5.69 Å². The highest BCUT2D eigenvalue weighted by Crippen LogP contribution is 1.91. The second-order valence-corrected chi connectivity index (χ2v) is 2.59. The average Bonchev–Trinajstić information content (AvgIpc) is 2.48. The first-order valence-corrected chi connectivity index (χ1v) is 3.86. The van der Waals surface area contributed by atoms with Crippen molar-refractivity contribution in [1.29, 1.82) is 5.26 Å². The number of hydrogen-bond donors (Lipinski definition) is 1. The summed E-state index contributed by atoms with van der Waals surface area (Å²) < 4.78 is 1.53. The van der Waals surface area contributed by atoms with Crippen molar-refractivity contribution in [2.45, 2.75) is 13.5 Å². The van der Waals surface area contributed by atoms with E-state index in [0.29, 0.717) is 0 Å². The zero-order chi connectivity index (χ0) is 9.68. The van der Waals surface area contributed by atoms with Gasteiger partial charge in [-0.1, -0.05) is 0 Å². The van der Waals surface area contributed by atoms with Crippen LogP contribution in [0.4, 0.5) is 0 Å². The molecule has 1 aromatic rings. The summed E-state index contributed by atoms with van der Waals surface area (Å²) in [6.45, 7) is 2.05. The van der Waals surface area contributed by atoms with Gasteiger partial charge in [-0.05, 0) is 13.0 Å². The zero-order valence-electron chi connectivity index (χ0n) is 7.32. The van der Waals surface area contributed by atoms with Crippen LogP contribution in [-0.2, 0) is 11.3 Å². The molecule has 1 amide bonds. The summed E-state index contributed by atoms with van der Waals surface area (Å²) in [7, 11) is 0. The third-order valence-corrected chi connectivity index (χ3v) is 1.44. The number of nitriles is 1. The predicted molar refractivity (Wildman–Crippen MR) is 45.6 cm³/mol.